The number of halogens is 4. The lowest BCUT2D eigenvalue weighted by Crippen LogP contribution is -2.36. The number of hydrogen-bond acceptors (Lipinski definition) is 1. The molecule has 0 fully saturated rings. The summed E-state index contributed by atoms with van der Waals surface area (Å²) in [5.74, 6) is 0. The SMILES string of the molecule is CC(c1cc(Cl)cc(C(F)(F)F)c1)N(C)S(=O)C(C)(C)C. The third-order valence-electron chi connectivity index (χ3n) is 3.06. The van der Waals surface area contributed by atoms with E-state index >= 15 is 0 Å². The fraction of sp³-hybridized carbons (Fsp3) is 0.571. The van der Waals surface area contributed by atoms with Crippen LogP contribution in [0.3, 0.4) is 0 Å². The highest BCUT2D eigenvalue weighted by Gasteiger charge is 2.33. The summed E-state index contributed by atoms with van der Waals surface area (Å²) in [5, 5.41) is 0.0154. The first kappa shape index (κ1) is 18.5. The second-order valence-electron chi connectivity index (χ2n) is 5.85. The molecule has 1 aromatic rings. The molecule has 0 heterocycles. The van der Waals surface area contributed by atoms with Crippen LogP contribution in [0, 0.1) is 0 Å². The molecule has 0 aliphatic carbocycles. The quantitative estimate of drug-likeness (QED) is 0.772. The minimum atomic E-state index is -4.46. The Morgan fingerprint density at radius 2 is 1.71 bits per heavy atom. The average molecular weight is 342 g/mol. The lowest BCUT2D eigenvalue weighted by atomic mass is 10.1. The van der Waals surface area contributed by atoms with Gasteiger partial charge in [-0.15, -0.1) is 0 Å². The lowest BCUT2D eigenvalue weighted by molar-refractivity contribution is -0.137. The molecule has 0 radical (unpaired) electrons. The monoisotopic (exact) mass is 341 g/mol. The zero-order valence-electron chi connectivity index (χ0n) is 12.6. The molecule has 2 atom stereocenters. The Balaban J connectivity index is 3.16. The van der Waals surface area contributed by atoms with E-state index in [1.165, 1.54) is 6.07 Å². The lowest BCUT2D eigenvalue weighted by Gasteiger charge is -2.30. The van der Waals surface area contributed by atoms with Crippen LogP contribution >= 0.6 is 11.6 Å². The summed E-state index contributed by atoms with van der Waals surface area (Å²) < 4.78 is 51.9. The summed E-state index contributed by atoms with van der Waals surface area (Å²) in [7, 11) is 0.287. The molecule has 0 amide bonds. The molecule has 21 heavy (non-hydrogen) atoms. The Labute approximate surface area is 130 Å². The molecule has 1 aromatic carbocycles. The second-order valence-corrected chi connectivity index (χ2v) is 8.59. The standard InChI is InChI=1S/C14H19ClF3NOS/c1-9(19(5)21(20)13(2,3)4)10-6-11(14(16,17)18)8-12(15)7-10/h6-9H,1-5H3. The van der Waals surface area contributed by atoms with E-state index in [1.54, 1.807) is 18.3 Å². The molecule has 0 aromatic heterocycles. The van der Waals surface area contributed by atoms with Crippen LogP contribution in [0.15, 0.2) is 18.2 Å². The van der Waals surface area contributed by atoms with Crippen molar-refractivity contribution < 1.29 is 17.4 Å². The van der Waals surface area contributed by atoms with Crippen LogP contribution in [0.1, 0.15) is 44.9 Å². The molecule has 0 saturated carbocycles. The number of alkyl halides is 3. The van der Waals surface area contributed by atoms with Gasteiger partial charge in [0.25, 0.3) is 0 Å². The van der Waals surface area contributed by atoms with Gasteiger partial charge in [-0.05, 0) is 51.5 Å². The maximum atomic E-state index is 12.8. The number of benzene rings is 1. The largest absolute Gasteiger partial charge is 0.416 e. The van der Waals surface area contributed by atoms with Crippen molar-refractivity contribution >= 4 is 22.6 Å². The minimum Gasteiger partial charge on any atom is -0.242 e. The number of nitrogens with zero attached hydrogens (tertiary/aromatic N) is 1. The van der Waals surface area contributed by atoms with Gasteiger partial charge in [0.05, 0.1) is 21.3 Å². The van der Waals surface area contributed by atoms with Crippen molar-refractivity contribution in [1.29, 1.82) is 0 Å². The van der Waals surface area contributed by atoms with E-state index in [2.05, 4.69) is 0 Å². The normalized spacial score (nSPS) is 16.1. The van der Waals surface area contributed by atoms with Crippen LogP contribution in [-0.4, -0.2) is 20.3 Å². The minimum absolute atomic E-state index is 0.0154. The molecule has 7 heteroatoms. The fourth-order valence-corrected chi connectivity index (χ4v) is 3.32. The number of hydrogen-bond donors (Lipinski definition) is 0. The highest BCUT2D eigenvalue weighted by Crippen LogP contribution is 2.35. The van der Waals surface area contributed by atoms with Gasteiger partial charge in [-0.3, -0.25) is 0 Å². The summed E-state index contributed by atoms with van der Waals surface area (Å²) in [5.41, 5.74) is -0.415. The predicted octanol–water partition coefficient (Wildman–Crippen LogP) is 4.81. The van der Waals surface area contributed by atoms with Gasteiger partial charge in [-0.1, -0.05) is 11.6 Å². The Hall–Kier alpha value is -0.590. The molecular formula is C14H19ClF3NOS. The van der Waals surface area contributed by atoms with Gasteiger partial charge >= 0.3 is 6.18 Å². The van der Waals surface area contributed by atoms with Gasteiger partial charge in [-0.2, -0.15) is 13.2 Å². The van der Waals surface area contributed by atoms with Gasteiger partial charge in [0.2, 0.25) is 0 Å². The van der Waals surface area contributed by atoms with E-state index in [1.807, 2.05) is 20.8 Å². The smallest absolute Gasteiger partial charge is 0.242 e. The van der Waals surface area contributed by atoms with Gasteiger partial charge in [0.1, 0.15) is 0 Å². The van der Waals surface area contributed by atoms with Crippen molar-refractivity contribution in [2.45, 2.75) is 44.7 Å². The highest BCUT2D eigenvalue weighted by molar-refractivity contribution is 7.84. The van der Waals surface area contributed by atoms with Crippen molar-refractivity contribution in [2.24, 2.45) is 0 Å². The van der Waals surface area contributed by atoms with E-state index in [0.29, 0.717) is 5.56 Å². The van der Waals surface area contributed by atoms with Crippen LogP contribution in [-0.2, 0) is 17.2 Å². The third kappa shape index (κ3) is 4.69. The van der Waals surface area contributed by atoms with Crippen LogP contribution in [0.2, 0.25) is 5.02 Å². The first-order valence-corrected chi connectivity index (χ1v) is 7.85. The summed E-state index contributed by atoms with van der Waals surface area (Å²) >= 11 is 5.78. The summed E-state index contributed by atoms with van der Waals surface area (Å²) in [4.78, 5) is 0. The highest BCUT2D eigenvalue weighted by atomic mass is 35.5. The molecule has 0 spiro atoms. The van der Waals surface area contributed by atoms with Gasteiger partial charge < -0.3 is 0 Å². The maximum absolute atomic E-state index is 12.8. The Kier molecular flexibility index (Phi) is 5.51. The van der Waals surface area contributed by atoms with Crippen molar-refractivity contribution in [1.82, 2.24) is 4.31 Å². The molecule has 1 rings (SSSR count). The Morgan fingerprint density at radius 3 is 2.14 bits per heavy atom. The van der Waals surface area contributed by atoms with E-state index in [4.69, 9.17) is 11.6 Å². The molecule has 0 N–H and O–H groups in total. The molecule has 0 aliphatic heterocycles. The zero-order valence-corrected chi connectivity index (χ0v) is 14.2. The second kappa shape index (κ2) is 6.26. The Bertz CT molecular complexity index is 540. The van der Waals surface area contributed by atoms with E-state index in [9.17, 15) is 17.4 Å². The summed E-state index contributed by atoms with van der Waals surface area (Å²) in [6, 6.07) is 2.95. The number of rotatable bonds is 3. The molecule has 0 bridgehead atoms. The molecule has 2 nitrogen and oxygen atoms in total. The molecular weight excluding hydrogens is 323 g/mol. The summed E-state index contributed by atoms with van der Waals surface area (Å²) in [6.07, 6.45) is -4.46. The van der Waals surface area contributed by atoms with E-state index in [0.717, 1.165) is 12.1 Å². The van der Waals surface area contributed by atoms with Crippen LogP contribution in [0.4, 0.5) is 13.2 Å². The molecule has 0 aliphatic rings. The third-order valence-corrected chi connectivity index (χ3v) is 5.17. The molecule has 2 unspecified atom stereocenters. The van der Waals surface area contributed by atoms with Crippen LogP contribution in [0.5, 0.6) is 0 Å². The van der Waals surface area contributed by atoms with Crippen LogP contribution < -0.4 is 0 Å². The summed E-state index contributed by atoms with van der Waals surface area (Å²) in [6.45, 7) is 7.14. The average Bonchev–Trinajstić information content (AvgIpc) is 2.33. The molecule has 120 valence electrons. The topological polar surface area (TPSA) is 20.3 Å². The maximum Gasteiger partial charge on any atom is 0.416 e. The zero-order chi connectivity index (χ0) is 16.6. The fourth-order valence-electron chi connectivity index (χ4n) is 1.80. The van der Waals surface area contributed by atoms with Gasteiger partial charge in [0.15, 0.2) is 0 Å². The first-order chi connectivity index (χ1) is 9.34. The van der Waals surface area contributed by atoms with Crippen molar-refractivity contribution in [3.8, 4) is 0 Å². The van der Waals surface area contributed by atoms with E-state index < -0.39 is 33.5 Å². The van der Waals surface area contributed by atoms with Gasteiger partial charge in [-0.25, -0.2) is 8.51 Å². The Morgan fingerprint density at radius 1 is 1.19 bits per heavy atom. The predicted molar refractivity (Wildman–Crippen MR) is 80.5 cm³/mol. The van der Waals surface area contributed by atoms with Gasteiger partial charge in [0, 0.05) is 18.1 Å². The van der Waals surface area contributed by atoms with Crippen molar-refractivity contribution in [3.63, 3.8) is 0 Å². The first-order valence-electron chi connectivity index (χ1n) is 6.36. The molecule has 0 saturated heterocycles. The van der Waals surface area contributed by atoms with Crippen molar-refractivity contribution in [3.05, 3.63) is 34.3 Å². The van der Waals surface area contributed by atoms with E-state index in [-0.39, 0.29) is 5.02 Å². The van der Waals surface area contributed by atoms with Crippen molar-refractivity contribution in [2.75, 3.05) is 7.05 Å². The van der Waals surface area contributed by atoms with Crippen LogP contribution in [0.25, 0.3) is 0 Å².